The molecule has 0 bridgehead atoms. The second-order valence-electron chi connectivity index (χ2n) is 6.50. The summed E-state index contributed by atoms with van der Waals surface area (Å²) in [5.41, 5.74) is 4.78. The number of carbonyl (C=O) groups is 3. The van der Waals surface area contributed by atoms with E-state index in [1.54, 1.807) is 0 Å². The first-order valence-corrected chi connectivity index (χ1v) is 12.0. The van der Waals surface area contributed by atoms with Crippen LogP contribution >= 0.6 is 57.6 Å². The molecular weight excluding hydrogens is 523 g/mol. The van der Waals surface area contributed by atoms with Crippen LogP contribution in [0, 0.1) is 0 Å². The zero-order valence-electron chi connectivity index (χ0n) is 15.6. The molecule has 4 heterocycles. The predicted molar refractivity (Wildman–Crippen MR) is 119 cm³/mol. The summed E-state index contributed by atoms with van der Waals surface area (Å²) in [6, 6.07) is -1.57. The average Bonchev–Trinajstić information content (AvgIpc) is 3.30. The zero-order valence-corrected chi connectivity index (χ0v) is 19.6. The van der Waals surface area contributed by atoms with Crippen LogP contribution < -0.4 is 11.1 Å². The SMILES string of the molecule is Nc1nc(/C(=N/O)C(=O)NC2C(=O)N3C(C(=O)O)=C(Sc4ncc(Cl)s4)CC[C@H]23)c(Cl)s1. The number of thioether (sulfide) groups is 1. The quantitative estimate of drug-likeness (QED) is 0.187. The molecule has 2 aliphatic rings. The molecule has 168 valence electrons. The summed E-state index contributed by atoms with van der Waals surface area (Å²) in [6.07, 6.45) is 2.23. The number of rotatable bonds is 6. The van der Waals surface area contributed by atoms with Crippen LogP contribution in [-0.2, 0) is 14.4 Å². The highest BCUT2D eigenvalue weighted by molar-refractivity contribution is 8.04. The minimum Gasteiger partial charge on any atom is -0.477 e. The highest BCUT2D eigenvalue weighted by atomic mass is 35.5. The summed E-state index contributed by atoms with van der Waals surface area (Å²) in [5.74, 6) is -2.76. The van der Waals surface area contributed by atoms with Crippen molar-refractivity contribution >= 4 is 86.3 Å². The summed E-state index contributed by atoms with van der Waals surface area (Å²) >= 11 is 15.1. The fourth-order valence-corrected chi connectivity index (χ4v) is 6.66. The van der Waals surface area contributed by atoms with Gasteiger partial charge in [0.1, 0.15) is 26.1 Å². The van der Waals surface area contributed by atoms with E-state index in [-0.39, 0.29) is 20.9 Å². The van der Waals surface area contributed by atoms with Crippen molar-refractivity contribution in [2.24, 2.45) is 5.16 Å². The van der Waals surface area contributed by atoms with Gasteiger partial charge in [-0.3, -0.25) is 14.5 Å². The van der Waals surface area contributed by atoms with E-state index in [1.165, 1.54) is 17.5 Å². The van der Waals surface area contributed by atoms with Crippen LogP contribution in [0.4, 0.5) is 5.13 Å². The van der Waals surface area contributed by atoms with E-state index in [0.29, 0.717) is 26.4 Å². The number of nitrogens with two attached hydrogens (primary N) is 1. The molecule has 2 aliphatic heterocycles. The van der Waals surface area contributed by atoms with Crippen LogP contribution in [0.25, 0.3) is 0 Å². The maximum Gasteiger partial charge on any atom is 0.353 e. The average molecular weight is 535 g/mol. The number of allylic oxidation sites excluding steroid dienone is 1. The monoisotopic (exact) mass is 534 g/mol. The number of nitrogen functional groups attached to an aromatic ring is 1. The molecule has 1 unspecified atom stereocenters. The van der Waals surface area contributed by atoms with Crippen LogP contribution in [0.3, 0.4) is 0 Å². The summed E-state index contributed by atoms with van der Waals surface area (Å²) in [5, 5.41) is 24.5. The number of aliphatic carboxylic acids is 1. The first-order valence-electron chi connectivity index (χ1n) is 8.75. The number of nitrogens with zero attached hydrogens (tertiary/aromatic N) is 4. The van der Waals surface area contributed by atoms with Gasteiger partial charge in [-0.15, -0.1) is 0 Å². The smallest absolute Gasteiger partial charge is 0.353 e. The molecule has 0 radical (unpaired) electrons. The Labute approximate surface area is 201 Å². The Morgan fingerprint density at radius 1 is 1.38 bits per heavy atom. The lowest BCUT2D eigenvalue weighted by Gasteiger charge is -2.49. The summed E-state index contributed by atoms with van der Waals surface area (Å²) in [6.45, 7) is 0. The summed E-state index contributed by atoms with van der Waals surface area (Å²) in [7, 11) is 0. The van der Waals surface area contributed by atoms with Crippen molar-refractivity contribution in [1.82, 2.24) is 20.2 Å². The van der Waals surface area contributed by atoms with Crippen LogP contribution in [0.2, 0.25) is 8.67 Å². The summed E-state index contributed by atoms with van der Waals surface area (Å²) in [4.78, 5) is 46.9. The van der Waals surface area contributed by atoms with Crippen molar-refractivity contribution in [3.8, 4) is 0 Å². The normalized spacial score (nSPS) is 20.8. The first-order chi connectivity index (χ1) is 15.2. The number of oxime groups is 1. The predicted octanol–water partition coefficient (Wildman–Crippen LogP) is 2.24. The molecule has 1 saturated heterocycles. The Kier molecular flexibility index (Phi) is 6.31. The van der Waals surface area contributed by atoms with E-state index in [0.717, 1.165) is 28.0 Å². The van der Waals surface area contributed by atoms with Gasteiger partial charge in [0.05, 0.1) is 12.2 Å². The topological polar surface area (TPSA) is 171 Å². The molecule has 1 fully saturated rings. The van der Waals surface area contributed by atoms with Gasteiger partial charge in [0, 0.05) is 4.91 Å². The van der Waals surface area contributed by atoms with E-state index in [1.807, 2.05) is 0 Å². The van der Waals surface area contributed by atoms with Crippen molar-refractivity contribution in [3.63, 3.8) is 0 Å². The number of nitrogens with one attached hydrogen (secondary N) is 1. The lowest BCUT2D eigenvalue weighted by atomic mass is 9.86. The van der Waals surface area contributed by atoms with Crippen LogP contribution in [0.5, 0.6) is 0 Å². The molecule has 2 amide bonds. The van der Waals surface area contributed by atoms with Gasteiger partial charge < -0.3 is 21.4 Å². The number of halogens is 2. The lowest BCUT2D eigenvalue weighted by Crippen LogP contribution is -2.72. The Balaban J connectivity index is 1.53. The van der Waals surface area contributed by atoms with Gasteiger partial charge in [0.25, 0.3) is 11.8 Å². The van der Waals surface area contributed by atoms with Gasteiger partial charge in [-0.1, -0.05) is 62.8 Å². The molecule has 0 spiro atoms. The lowest BCUT2D eigenvalue weighted by molar-refractivity contribution is -0.155. The molecule has 2 atom stereocenters. The van der Waals surface area contributed by atoms with Gasteiger partial charge in [0.15, 0.2) is 15.2 Å². The number of thiazole rings is 2. The van der Waals surface area contributed by atoms with Gasteiger partial charge in [-0.05, 0) is 12.8 Å². The molecule has 2 aromatic rings. The van der Waals surface area contributed by atoms with E-state index in [4.69, 9.17) is 28.9 Å². The minimum absolute atomic E-state index is 0.0460. The van der Waals surface area contributed by atoms with Crippen LogP contribution in [-0.4, -0.2) is 60.8 Å². The molecular formula is C16H12Cl2N6O5S3. The highest BCUT2D eigenvalue weighted by Crippen LogP contribution is 2.44. The molecule has 0 aromatic carbocycles. The largest absolute Gasteiger partial charge is 0.477 e. The van der Waals surface area contributed by atoms with E-state index in [9.17, 15) is 24.7 Å². The maximum atomic E-state index is 12.8. The van der Waals surface area contributed by atoms with Gasteiger partial charge >= 0.3 is 5.97 Å². The van der Waals surface area contributed by atoms with E-state index in [2.05, 4.69) is 20.4 Å². The van der Waals surface area contributed by atoms with E-state index < -0.39 is 35.6 Å². The third-order valence-corrected chi connectivity index (χ3v) is 8.11. The first kappa shape index (κ1) is 22.8. The third kappa shape index (κ3) is 4.03. The van der Waals surface area contributed by atoms with Crippen molar-refractivity contribution in [1.29, 1.82) is 0 Å². The second kappa shape index (κ2) is 8.86. The number of carboxylic acid groups (broad SMARTS) is 1. The highest BCUT2D eigenvalue weighted by Gasteiger charge is 2.54. The standard InChI is InChI=1S/C16H12Cl2N6O5S3/c17-6-3-20-16(31-6)30-5-2-1-4-7(13(26)24(4)10(5)14(27)28)21-12(25)9(23-29)8-11(18)32-15(19)22-8/h3-4,7,29H,1-2H2,(H2,19,22)(H,21,25)(H,27,28)/b23-9-/t4-,7?/m1/s1. The number of anilines is 1. The number of carbonyl (C=O) groups excluding carboxylic acids is 2. The number of β-lactam (4-membered cyclic amide) rings is 1. The Morgan fingerprint density at radius 3 is 2.69 bits per heavy atom. The number of fused-ring (bicyclic) bond motifs is 1. The Bertz CT molecular complexity index is 1190. The number of carboxylic acids is 1. The molecule has 4 rings (SSSR count). The molecule has 16 heteroatoms. The second-order valence-corrected chi connectivity index (χ2v) is 11.1. The number of amides is 2. The van der Waals surface area contributed by atoms with Crippen molar-refractivity contribution in [3.05, 3.63) is 31.2 Å². The molecule has 0 aliphatic carbocycles. The van der Waals surface area contributed by atoms with Crippen molar-refractivity contribution < 1.29 is 24.7 Å². The van der Waals surface area contributed by atoms with Gasteiger partial charge in [-0.25, -0.2) is 14.8 Å². The summed E-state index contributed by atoms with van der Waals surface area (Å²) < 4.78 is 1.07. The molecule has 11 nitrogen and oxygen atoms in total. The number of hydrogen-bond acceptors (Lipinski definition) is 11. The molecule has 5 N–H and O–H groups in total. The number of hydrogen-bond donors (Lipinski definition) is 4. The maximum absolute atomic E-state index is 12.8. The molecule has 32 heavy (non-hydrogen) atoms. The van der Waals surface area contributed by atoms with Crippen LogP contribution in [0.1, 0.15) is 18.5 Å². The molecule has 2 aromatic heterocycles. The van der Waals surface area contributed by atoms with Crippen LogP contribution in [0.15, 0.2) is 26.3 Å². The fourth-order valence-electron chi connectivity index (χ4n) is 3.39. The van der Waals surface area contributed by atoms with Gasteiger partial charge in [-0.2, -0.15) is 0 Å². The Hall–Kier alpha value is -2.39. The number of aromatic nitrogens is 2. The zero-order chi connectivity index (χ0) is 23.2. The Morgan fingerprint density at radius 2 is 2.12 bits per heavy atom. The van der Waals surface area contributed by atoms with Gasteiger partial charge in [0.2, 0.25) is 0 Å². The molecule has 0 saturated carbocycles. The van der Waals surface area contributed by atoms with Crippen molar-refractivity contribution in [2.75, 3.05) is 5.73 Å². The van der Waals surface area contributed by atoms with E-state index >= 15 is 0 Å². The third-order valence-electron chi connectivity index (χ3n) is 4.69. The van der Waals surface area contributed by atoms with Crippen molar-refractivity contribution in [2.45, 2.75) is 29.3 Å². The minimum atomic E-state index is -1.26. The fraction of sp³-hybridized carbons (Fsp3) is 0.250.